The fraction of sp³-hybridized carbons (Fsp3) is 0.375. The lowest BCUT2D eigenvalue weighted by atomic mass is 10.1. The number of thiophene rings is 1. The van der Waals surface area contributed by atoms with Gasteiger partial charge in [0.1, 0.15) is 9.88 Å². The highest BCUT2D eigenvalue weighted by Crippen LogP contribution is 2.37. The van der Waals surface area contributed by atoms with Crippen molar-refractivity contribution in [2.45, 2.75) is 23.9 Å². The number of rotatable bonds is 10. The molecule has 2 aromatic rings. The molecule has 0 bridgehead atoms. The Kier molecular flexibility index (Phi) is 8.07. The fourth-order valence-electron chi connectivity index (χ4n) is 2.04. The van der Waals surface area contributed by atoms with Crippen LogP contribution in [0.2, 0.25) is 0 Å². The molecule has 27 heavy (non-hydrogen) atoms. The van der Waals surface area contributed by atoms with E-state index in [2.05, 4.69) is 22.1 Å². The van der Waals surface area contributed by atoms with Crippen LogP contribution in [0.15, 0.2) is 17.0 Å². The number of nitrogen functional groups attached to an aromatic ring is 1. The van der Waals surface area contributed by atoms with Crippen LogP contribution >= 0.6 is 34.4 Å². The zero-order valence-electron chi connectivity index (χ0n) is 14.9. The van der Waals surface area contributed by atoms with Crippen molar-refractivity contribution < 1.29 is 19.1 Å². The highest BCUT2D eigenvalue weighted by atomic mass is 32.2. The normalized spacial score (nSPS) is 10.4. The van der Waals surface area contributed by atoms with E-state index in [1.54, 1.807) is 19.9 Å². The maximum atomic E-state index is 12.3. The average Bonchev–Trinajstić information content (AvgIpc) is 3.22. The lowest BCUT2D eigenvalue weighted by Crippen LogP contribution is -2.10. The molecular formula is C16H20N4O4S3. The van der Waals surface area contributed by atoms with Crippen LogP contribution in [0.1, 0.15) is 39.4 Å². The van der Waals surface area contributed by atoms with Crippen molar-refractivity contribution in [3.8, 4) is 0 Å². The number of nitrogens with one attached hydrogen (secondary N) is 1. The van der Waals surface area contributed by atoms with Gasteiger partial charge in [0.15, 0.2) is 4.34 Å². The van der Waals surface area contributed by atoms with Gasteiger partial charge in [-0.25, -0.2) is 9.59 Å². The van der Waals surface area contributed by atoms with Gasteiger partial charge in [-0.1, -0.05) is 29.2 Å². The Labute approximate surface area is 169 Å². The summed E-state index contributed by atoms with van der Waals surface area (Å²) in [5, 5.41) is 12.1. The van der Waals surface area contributed by atoms with Crippen LogP contribution in [0.25, 0.3) is 0 Å². The van der Waals surface area contributed by atoms with Gasteiger partial charge in [0, 0.05) is 17.9 Å². The van der Waals surface area contributed by atoms with Crippen molar-refractivity contribution in [2.75, 3.05) is 30.8 Å². The second kappa shape index (κ2) is 10.3. The van der Waals surface area contributed by atoms with Gasteiger partial charge >= 0.3 is 11.9 Å². The molecule has 11 heteroatoms. The predicted octanol–water partition coefficient (Wildman–Crippen LogP) is 3.43. The summed E-state index contributed by atoms with van der Waals surface area (Å²) in [6, 6.07) is 0. The number of aromatic nitrogens is 2. The second-order valence-corrected chi connectivity index (χ2v) is 8.17. The highest BCUT2D eigenvalue weighted by Gasteiger charge is 2.28. The minimum atomic E-state index is -0.553. The first-order valence-corrected chi connectivity index (χ1v) is 10.7. The Morgan fingerprint density at radius 2 is 1.93 bits per heavy atom. The molecule has 0 aromatic carbocycles. The Morgan fingerprint density at radius 3 is 2.59 bits per heavy atom. The monoisotopic (exact) mass is 428 g/mol. The number of nitrogens with zero attached hydrogens (tertiary/aromatic N) is 2. The van der Waals surface area contributed by atoms with E-state index in [0.29, 0.717) is 32.2 Å². The minimum absolute atomic E-state index is 0.212. The topological polar surface area (TPSA) is 116 Å². The van der Waals surface area contributed by atoms with Gasteiger partial charge in [0.2, 0.25) is 5.13 Å². The Balaban J connectivity index is 2.26. The number of nitrogens with two attached hydrogens (primary N) is 1. The molecule has 0 fully saturated rings. The summed E-state index contributed by atoms with van der Waals surface area (Å²) in [4.78, 5) is 24.9. The van der Waals surface area contributed by atoms with Gasteiger partial charge in [-0.15, -0.1) is 28.1 Å². The van der Waals surface area contributed by atoms with E-state index in [1.165, 1.54) is 23.1 Å². The molecule has 2 heterocycles. The van der Waals surface area contributed by atoms with Crippen molar-refractivity contribution in [3.63, 3.8) is 0 Å². The van der Waals surface area contributed by atoms with E-state index in [0.717, 1.165) is 11.3 Å². The Hall–Kier alpha value is -2.11. The van der Waals surface area contributed by atoms with Crippen LogP contribution < -0.4 is 11.1 Å². The summed E-state index contributed by atoms with van der Waals surface area (Å²) >= 11 is 3.75. The third-order valence-corrected chi connectivity index (χ3v) is 6.20. The van der Waals surface area contributed by atoms with Crippen LogP contribution in [0, 0.1) is 0 Å². The minimum Gasteiger partial charge on any atom is -0.462 e. The van der Waals surface area contributed by atoms with Gasteiger partial charge in [-0.2, -0.15) is 0 Å². The number of hydrogen-bond donors (Lipinski definition) is 2. The summed E-state index contributed by atoms with van der Waals surface area (Å²) in [6.45, 7) is 8.08. The molecule has 0 amide bonds. The summed E-state index contributed by atoms with van der Waals surface area (Å²) in [5.41, 5.74) is 6.70. The third kappa shape index (κ3) is 5.44. The first kappa shape index (κ1) is 21.2. The standard InChI is InChI=1S/C16H20N4O4S3/c1-4-7-18-15-19-20-16(27-15)25-8-9-10(13(21)23-5-2)12(17)26-11(9)14(22)24-6-3/h4H,1,5-8,17H2,2-3H3,(H,18,19). The molecule has 0 aliphatic rings. The van der Waals surface area contributed by atoms with Crippen molar-refractivity contribution in [1.82, 2.24) is 10.2 Å². The molecule has 0 aliphatic carbocycles. The van der Waals surface area contributed by atoms with Crippen LogP contribution in [0.5, 0.6) is 0 Å². The van der Waals surface area contributed by atoms with E-state index in [4.69, 9.17) is 15.2 Å². The molecule has 0 aliphatic heterocycles. The molecule has 0 saturated carbocycles. The predicted molar refractivity (Wildman–Crippen MR) is 109 cm³/mol. The first-order valence-electron chi connectivity index (χ1n) is 8.08. The van der Waals surface area contributed by atoms with Gasteiger partial charge in [0.05, 0.1) is 18.8 Å². The number of thioether (sulfide) groups is 1. The summed E-state index contributed by atoms with van der Waals surface area (Å²) in [5.74, 6) is -0.750. The van der Waals surface area contributed by atoms with E-state index >= 15 is 0 Å². The molecule has 3 N–H and O–H groups in total. The SMILES string of the molecule is C=CCNc1nnc(SCc2c(C(=O)OCC)sc(N)c2C(=O)OCC)s1. The van der Waals surface area contributed by atoms with Gasteiger partial charge in [-0.05, 0) is 13.8 Å². The Bertz CT molecular complexity index is 819. The molecule has 0 radical (unpaired) electrons. The number of hydrogen-bond acceptors (Lipinski definition) is 11. The van der Waals surface area contributed by atoms with Gasteiger partial charge in [0.25, 0.3) is 0 Å². The molecule has 2 aromatic heterocycles. The van der Waals surface area contributed by atoms with Crippen LogP contribution in [-0.2, 0) is 15.2 Å². The highest BCUT2D eigenvalue weighted by molar-refractivity contribution is 8.00. The third-order valence-electron chi connectivity index (χ3n) is 3.12. The maximum absolute atomic E-state index is 12.3. The molecule has 0 saturated heterocycles. The van der Waals surface area contributed by atoms with Crippen molar-refractivity contribution in [1.29, 1.82) is 0 Å². The molecule has 8 nitrogen and oxygen atoms in total. The van der Waals surface area contributed by atoms with Crippen LogP contribution in [0.4, 0.5) is 10.1 Å². The van der Waals surface area contributed by atoms with Crippen molar-refractivity contribution in [3.05, 3.63) is 28.7 Å². The number of esters is 2. The number of carbonyl (C=O) groups is 2. The molecular weight excluding hydrogens is 408 g/mol. The van der Waals surface area contributed by atoms with E-state index < -0.39 is 11.9 Å². The molecule has 2 rings (SSSR count). The van der Waals surface area contributed by atoms with E-state index in [-0.39, 0.29) is 23.8 Å². The van der Waals surface area contributed by atoms with Crippen molar-refractivity contribution >= 4 is 56.5 Å². The number of ether oxygens (including phenoxy) is 2. The fourth-order valence-corrected chi connectivity index (χ4v) is 4.89. The maximum Gasteiger partial charge on any atom is 0.348 e. The van der Waals surface area contributed by atoms with Crippen LogP contribution in [0.3, 0.4) is 0 Å². The lowest BCUT2D eigenvalue weighted by Gasteiger charge is -2.06. The lowest BCUT2D eigenvalue weighted by molar-refractivity contribution is 0.0527. The molecule has 146 valence electrons. The number of anilines is 2. The summed E-state index contributed by atoms with van der Waals surface area (Å²) < 4.78 is 10.9. The summed E-state index contributed by atoms with van der Waals surface area (Å²) in [6.07, 6.45) is 1.72. The van der Waals surface area contributed by atoms with Gasteiger partial charge < -0.3 is 20.5 Å². The Morgan fingerprint density at radius 1 is 1.22 bits per heavy atom. The second-order valence-electron chi connectivity index (χ2n) is 4.92. The molecule has 0 spiro atoms. The smallest absolute Gasteiger partial charge is 0.348 e. The van der Waals surface area contributed by atoms with Crippen molar-refractivity contribution in [2.24, 2.45) is 0 Å². The number of carbonyl (C=O) groups excluding carboxylic acids is 2. The van der Waals surface area contributed by atoms with E-state index in [1.807, 2.05) is 0 Å². The quantitative estimate of drug-likeness (QED) is 0.333. The molecule has 0 unspecified atom stereocenters. The largest absolute Gasteiger partial charge is 0.462 e. The van der Waals surface area contributed by atoms with Crippen LogP contribution in [-0.4, -0.2) is 41.9 Å². The van der Waals surface area contributed by atoms with Gasteiger partial charge in [-0.3, -0.25) is 0 Å². The summed E-state index contributed by atoms with van der Waals surface area (Å²) in [7, 11) is 0. The molecule has 0 atom stereocenters. The van der Waals surface area contributed by atoms with E-state index in [9.17, 15) is 9.59 Å². The zero-order valence-corrected chi connectivity index (χ0v) is 17.4. The first-order chi connectivity index (χ1) is 13.0. The average molecular weight is 429 g/mol. The zero-order chi connectivity index (χ0) is 19.8.